The summed E-state index contributed by atoms with van der Waals surface area (Å²) in [7, 11) is 3.09. The Balaban J connectivity index is 2.23. The standard InChI is InChI=1S/C16H22ClNO3/c1-20-13-8-6-7-12(14(13)21-2)15(19)18-16(11-17)9-4-3-5-10-16/h6-8H,3-5,9-11H2,1-2H3,(H,18,19). The van der Waals surface area contributed by atoms with Crippen molar-refractivity contribution in [1.29, 1.82) is 0 Å². The lowest BCUT2D eigenvalue weighted by Gasteiger charge is -2.36. The number of amides is 1. The number of hydrogen-bond donors (Lipinski definition) is 1. The van der Waals surface area contributed by atoms with E-state index in [9.17, 15) is 4.79 Å². The van der Waals surface area contributed by atoms with Crippen LogP contribution in [0.25, 0.3) is 0 Å². The van der Waals surface area contributed by atoms with E-state index >= 15 is 0 Å². The third kappa shape index (κ3) is 3.43. The summed E-state index contributed by atoms with van der Waals surface area (Å²) in [6.45, 7) is 0. The molecule has 0 unspecified atom stereocenters. The van der Waals surface area contributed by atoms with Crippen LogP contribution in [0.1, 0.15) is 42.5 Å². The van der Waals surface area contributed by atoms with Gasteiger partial charge in [-0.3, -0.25) is 4.79 Å². The molecule has 4 nitrogen and oxygen atoms in total. The van der Waals surface area contributed by atoms with Crippen molar-refractivity contribution < 1.29 is 14.3 Å². The largest absolute Gasteiger partial charge is 0.493 e. The highest BCUT2D eigenvalue weighted by molar-refractivity contribution is 6.19. The number of rotatable bonds is 5. The monoisotopic (exact) mass is 311 g/mol. The molecule has 1 amide bonds. The quantitative estimate of drug-likeness (QED) is 0.848. The molecule has 116 valence electrons. The number of methoxy groups -OCH3 is 2. The van der Waals surface area contributed by atoms with E-state index in [0.717, 1.165) is 25.7 Å². The first kappa shape index (κ1) is 16.0. The second kappa shape index (κ2) is 7.03. The van der Waals surface area contributed by atoms with Gasteiger partial charge in [0, 0.05) is 5.88 Å². The Kier molecular flexibility index (Phi) is 5.34. The lowest BCUT2D eigenvalue weighted by Crippen LogP contribution is -2.51. The summed E-state index contributed by atoms with van der Waals surface area (Å²) < 4.78 is 10.6. The topological polar surface area (TPSA) is 47.6 Å². The summed E-state index contributed by atoms with van der Waals surface area (Å²) in [5.41, 5.74) is 0.178. The van der Waals surface area contributed by atoms with Crippen molar-refractivity contribution in [3.05, 3.63) is 23.8 Å². The molecular formula is C16H22ClNO3. The van der Waals surface area contributed by atoms with E-state index in [0.29, 0.717) is 22.9 Å². The maximum Gasteiger partial charge on any atom is 0.255 e. The van der Waals surface area contributed by atoms with Crippen LogP contribution in [-0.4, -0.2) is 31.5 Å². The van der Waals surface area contributed by atoms with Gasteiger partial charge in [0.15, 0.2) is 11.5 Å². The van der Waals surface area contributed by atoms with Crippen molar-refractivity contribution in [3.63, 3.8) is 0 Å². The number of halogens is 1. The van der Waals surface area contributed by atoms with E-state index in [1.807, 2.05) is 0 Å². The van der Waals surface area contributed by atoms with Gasteiger partial charge in [-0.1, -0.05) is 25.3 Å². The fraction of sp³-hybridized carbons (Fsp3) is 0.562. The smallest absolute Gasteiger partial charge is 0.255 e. The van der Waals surface area contributed by atoms with E-state index in [4.69, 9.17) is 21.1 Å². The predicted molar refractivity (Wildman–Crippen MR) is 83.5 cm³/mol. The molecule has 2 rings (SSSR count). The van der Waals surface area contributed by atoms with Crippen LogP contribution in [0.4, 0.5) is 0 Å². The van der Waals surface area contributed by atoms with Gasteiger partial charge in [-0.2, -0.15) is 0 Å². The van der Waals surface area contributed by atoms with Gasteiger partial charge in [-0.25, -0.2) is 0 Å². The Bertz CT molecular complexity index is 498. The minimum atomic E-state index is -0.301. The van der Waals surface area contributed by atoms with Crippen molar-refractivity contribution >= 4 is 17.5 Å². The van der Waals surface area contributed by atoms with E-state index in [2.05, 4.69) is 5.32 Å². The number of benzene rings is 1. The number of carbonyl (C=O) groups is 1. The van der Waals surface area contributed by atoms with Crippen molar-refractivity contribution in [2.45, 2.75) is 37.6 Å². The van der Waals surface area contributed by atoms with Crippen molar-refractivity contribution in [2.24, 2.45) is 0 Å². The molecule has 0 radical (unpaired) electrons. The Hall–Kier alpha value is -1.42. The van der Waals surface area contributed by atoms with E-state index in [-0.39, 0.29) is 11.4 Å². The molecule has 1 aliphatic rings. The van der Waals surface area contributed by atoms with Gasteiger partial charge in [0.25, 0.3) is 5.91 Å². The van der Waals surface area contributed by atoms with Crippen LogP contribution in [-0.2, 0) is 0 Å². The number of nitrogens with one attached hydrogen (secondary N) is 1. The molecule has 0 heterocycles. The first-order chi connectivity index (χ1) is 10.2. The lowest BCUT2D eigenvalue weighted by molar-refractivity contribution is 0.0881. The third-order valence-electron chi connectivity index (χ3n) is 4.09. The van der Waals surface area contributed by atoms with Gasteiger partial charge >= 0.3 is 0 Å². The molecule has 1 aromatic rings. The zero-order chi connectivity index (χ0) is 15.3. The molecule has 21 heavy (non-hydrogen) atoms. The normalized spacial score (nSPS) is 17.1. The van der Waals surface area contributed by atoms with Gasteiger partial charge < -0.3 is 14.8 Å². The van der Waals surface area contributed by atoms with Gasteiger partial charge in [0.1, 0.15) is 0 Å². The minimum Gasteiger partial charge on any atom is -0.493 e. The molecule has 1 aliphatic carbocycles. The third-order valence-corrected chi connectivity index (χ3v) is 4.60. The molecule has 0 bridgehead atoms. The molecule has 0 aliphatic heterocycles. The predicted octanol–water partition coefficient (Wildman–Crippen LogP) is 3.38. The van der Waals surface area contributed by atoms with Crippen molar-refractivity contribution in [1.82, 2.24) is 5.32 Å². The molecule has 1 aromatic carbocycles. The number of hydrogen-bond acceptors (Lipinski definition) is 3. The number of carbonyl (C=O) groups excluding carboxylic acids is 1. The Morgan fingerprint density at radius 3 is 2.52 bits per heavy atom. The highest BCUT2D eigenvalue weighted by atomic mass is 35.5. The highest BCUT2D eigenvalue weighted by Crippen LogP contribution is 2.33. The molecule has 0 spiro atoms. The summed E-state index contributed by atoms with van der Waals surface area (Å²) in [6, 6.07) is 5.29. The highest BCUT2D eigenvalue weighted by Gasteiger charge is 2.33. The summed E-state index contributed by atoms with van der Waals surface area (Å²) in [6.07, 6.45) is 5.25. The molecule has 1 N–H and O–H groups in total. The average molecular weight is 312 g/mol. The molecule has 0 saturated heterocycles. The van der Waals surface area contributed by atoms with Crippen LogP contribution in [0, 0.1) is 0 Å². The molecule has 1 fully saturated rings. The first-order valence-electron chi connectivity index (χ1n) is 7.25. The number of ether oxygens (including phenoxy) is 2. The Labute approximate surface area is 130 Å². The summed E-state index contributed by atoms with van der Waals surface area (Å²) in [5.74, 6) is 1.28. The molecule has 0 atom stereocenters. The molecule has 1 saturated carbocycles. The molecule has 0 aromatic heterocycles. The van der Waals surface area contributed by atoms with Crippen LogP contribution in [0.3, 0.4) is 0 Å². The van der Waals surface area contributed by atoms with Gasteiger partial charge in [-0.15, -0.1) is 11.6 Å². The second-order valence-electron chi connectivity index (χ2n) is 5.47. The maximum absolute atomic E-state index is 12.6. The van der Waals surface area contributed by atoms with Crippen molar-refractivity contribution in [2.75, 3.05) is 20.1 Å². The minimum absolute atomic E-state index is 0.159. The number of alkyl halides is 1. The van der Waals surface area contributed by atoms with E-state index < -0.39 is 0 Å². The molecule has 5 heteroatoms. The summed E-state index contributed by atoms with van der Waals surface area (Å²) >= 11 is 6.13. The Morgan fingerprint density at radius 1 is 1.24 bits per heavy atom. The van der Waals surface area contributed by atoms with Gasteiger partial charge in [0.05, 0.1) is 25.3 Å². The first-order valence-corrected chi connectivity index (χ1v) is 7.79. The van der Waals surface area contributed by atoms with Crippen LogP contribution >= 0.6 is 11.6 Å². The summed E-state index contributed by atoms with van der Waals surface area (Å²) in [5, 5.41) is 3.12. The number of para-hydroxylation sites is 1. The summed E-state index contributed by atoms with van der Waals surface area (Å²) in [4.78, 5) is 12.6. The lowest BCUT2D eigenvalue weighted by atomic mass is 9.83. The van der Waals surface area contributed by atoms with Crippen LogP contribution in [0.15, 0.2) is 18.2 Å². The molecular weight excluding hydrogens is 290 g/mol. The zero-order valence-corrected chi connectivity index (χ0v) is 13.3. The van der Waals surface area contributed by atoms with Gasteiger partial charge in [0.2, 0.25) is 0 Å². The van der Waals surface area contributed by atoms with Crippen LogP contribution < -0.4 is 14.8 Å². The fourth-order valence-corrected chi connectivity index (χ4v) is 3.23. The van der Waals surface area contributed by atoms with E-state index in [1.165, 1.54) is 13.5 Å². The maximum atomic E-state index is 12.6. The van der Waals surface area contributed by atoms with Crippen LogP contribution in [0.2, 0.25) is 0 Å². The van der Waals surface area contributed by atoms with Crippen molar-refractivity contribution in [3.8, 4) is 11.5 Å². The van der Waals surface area contributed by atoms with Gasteiger partial charge in [-0.05, 0) is 25.0 Å². The SMILES string of the molecule is COc1cccc(C(=O)NC2(CCl)CCCCC2)c1OC. The second-order valence-corrected chi connectivity index (χ2v) is 5.74. The Morgan fingerprint density at radius 2 is 1.95 bits per heavy atom. The average Bonchev–Trinajstić information content (AvgIpc) is 2.54. The zero-order valence-electron chi connectivity index (χ0n) is 12.6. The van der Waals surface area contributed by atoms with E-state index in [1.54, 1.807) is 25.3 Å². The van der Waals surface area contributed by atoms with Crippen LogP contribution in [0.5, 0.6) is 11.5 Å². The fourth-order valence-electron chi connectivity index (χ4n) is 2.89.